The summed E-state index contributed by atoms with van der Waals surface area (Å²) in [6.45, 7) is 2.12. The largest absolute Gasteiger partial charge is 0.179 e. The smallest absolute Gasteiger partial charge is 0.0317 e. The molecule has 0 saturated carbocycles. The van der Waals surface area contributed by atoms with E-state index in [2.05, 4.69) is 41.5 Å². The van der Waals surface area contributed by atoms with Gasteiger partial charge in [0, 0.05) is 14.2 Å². The molecule has 0 N–H and O–H groups in total. The van der Waals surface area contributed by atoms with Crippen molar-refractivity contribution in [2.45, 2.75) is 13.3 Å². The summed E-state index contributed by atoms with van der Waals surface area (Å²) < 4.78 is 1.24. The third kappa shape index (κ3) is 2.01. The summed E-state index contributed by atoms with van der Waals surface area (Å²) >= 11 is 9.51. The zero-order chi connectivity index (χ0) is 7.56. The van der Waals surface area contributed by atoms with E-state index in [1.165, 1.54) is 14.2 Å². The Labute approximate surface area is 79.2 Å². The van der Waals surface area contributed by atoms with E-state index in [1.54, 1.807) is 0 Å². The molecule has 0 bridgehead atoms. The lowest BCUT2D eigenvalue weighted by Gasteiger charge is -1.90. The minimum Gasteiger partial charge on any atom is -0.179 e. The summed E-state index contributed by atoms with van der Waals surface area (Å²) in [5, 5.41) is 0. The summed E-state index contributed by atoms with van der Waals surface area (Å²) in [5.74, 6) is 0.929. The molecule has 0 unspecified atom stereocenters. The van der Waals surface area contributed by atoms with Gasteiger partial charge in [-0.2, -0.15) is 12.6 Å². The summed E-state index contributed by atoms with van der Waals surface area (Å²) in [6, 6.07) is 2.16. The van der Waals surface area contributed by atoms with E-state index in [1.807, 2.05) is 11.3 Å². The van der Waals surface area contributed by atoms with Crippen LogP contribution in [0.15, 0.2) is 10.5 Å². The van der Waals surface area contributed by atoms with E-state index in [-0.39, 0.29) is 0 Å². The van der Waals surface area contributed by atoms with Gasteiger partial charge >= 0.3 is 0 Å². The average molecular weight is 237 g/mol. The second-order valence-electron chi connectivity index (χ2n) is 2.10. The number of hydrogen-bond donors (Lipinski definition) is 1. The van der Waals surface area contributed by atoms with Crippen molar-refractivity contribution in [3.8, 4) is 0 Å². The van der Waals surface area contributed by atoms with Gasteiger partial charge in [-0.3, -0.25) is 0 Å². The van der Waals surface area contributed by atoms with Crippen molar-refractivity contribution in [2.75, 3.05) is 5.75 Å². The van der Waals surface area contributed by atoms with E-state index < -0.39 is 0 Å². The molecule has 0 fully saturated rings. The number of aryl methyl sites for hydroxylation is 2. The van der Waals surface area contributed by atoms with Crippen LogP contribution in [0.2, 0.25) is 0 Å². The lowest BCUT2D eigenvalue weighted by Crippen LogP contribution is -1.79. The Morgan fingerprint density at radius 1 is 1.70 bits per heavy atom. The van der Waals surface area contributed by atoms with Gasteiger partial charge in [0.1, 0.15) is 0 Å². The highest BCUT2D eigenvalue weighted by atomic mass is 79.9. The van der Waals surface area contributed by atoms with Gasteiger partial charge in [0.15, 0.2) is 0 Å². The third-order valence-corrected chi connectivity index (χ3v) is 3.52. The topological polar surface area (TPSA) is 0 Å². The van der Waals surface area contributed by atoms with Crippen molar-refractivity contribution in [1.29, 1.82) is 0 Å². The molecule has 0 saturated heterocycles. The Bertz CT molecular complexity index is 217. The van der Waals surface area contributed by atoms with E-state index in [0.717, 1.165) is 12.2 Å². The number of hydrogen-bond acceptors (Lipinski definition) is 2. The van der Waals surface area contributed by atoms with Crippen LogP contribution in [-0.2, 0) is 6.42 Å². The van der Waals surface area contributed by atoms with Crippen LogP contribution < -0.4 is 0 Å². The minimum atomic E-state index is 0.929. The van der Waals surface area contributed by atoms with Gasteiger partial charge < -0.3 is 0 Å². The number of rotatable bonds is 2. The van der Waals surface area contributed by atoms with Crippen LogP contribution in [0.25, 0.3) is 0 Å². The highest BCUT2D eigenvalue weighted by Gasteiger charge is 2.01. The fourth-order valence-electron chi connectivity index (χ4n) is 0.803. The van der Waals surface area contributed by atoms with Crippen LogP contribution in [0.5, 0.6) is 0 Å². The first-order chi connectivity index (χ1) is 4.74. The van der Waals surface area contributed by atoms with Crippen LogP contribution in [0.3, 0.4) is 0 Å². The number of thiol groups is 1. The number of halogens is 1. The Balaban J connectivity index is 2.81. The Kier molecular flexibility index (Phi) is 3.27. The van der Waals surface area contributed by atoms with Gasteiger partial charge in [0.05, 0.1) is 0 Å². The van der Waals surface area contributed by atoms with Gasteiger partial charge in [0.2, 0.25) is 0 Å². The van der Waals surface area contributed by atoms with Gasteiger partial charge in [-0.1, -0.05) is 0 Å². The van der Waals surface area contributed by atoms with Gasteiger partial charge in [-0.05, 0) is 41.1 Å². The molecule has 56 valence electrons. The molecule has 0 aliphatic heterocycles. The zero-order valence-electron chi connectivity index (χ0n) is 5.72. The van der Waals surface area contributed by atoms with Crippen molar-refractivity contribution >= 4 is 39.9 Å². The molecule has 0 radical (unpaired) electrons. The van der Waals surface area contributed by atoms with E-state index >= 15 is 0 Å². The van der Waals surface area contributed by atoms with Crippen molar-refractivity contribution in [3.63, 3.8) is 0 Å². The first-order valence-corrected chi connectivity index (χ1v) is 5.34. The molecule has 10 heavy (non-hydrogen) atoms. The lowest BCUT2D eigenvalue weighted by atomic mass is 10.4. The first-order valence-electron chi connectivity index (χ1n) is 3.09. The average Bonchev–Trinajstić information content (AvgIpc) is 2.13. The van der Waals surface area contributed by atoms with Crippen LogP contribution in [0, 0.1) is 6.92 Å². The monoisotopic (exact) mass is 236 g/mol. The quantitative estimate of drug-likeness (QED) is 0.750. The summed E-state index contributed by atoms with van der Waals surface area (Å²) in [4.78, 5) is 2.77. The third-order valence-electron chi connectivity index (χ3n) is 1.22. The van der Waals surface area contributed by atoms with Crippen molar-refractivity contribution < 1.29 is 0 Å². The molecule has 0 aromatic carbocycles. The molecule has 0 aliphatic rings. The molecule has 0 amide bonds. The maximum Gasteiger partial charge on any atom is 0.0317 e. The fraction of sp³-hybridized carbons (Fsp3) is 0.429. The SMILES string of the molecule is Cc1cc(Br)c(CCS)s1. The lowest BCUT2D eigenvalue weighted by molar-refractivity contribution is 1.20. The summed E-state index contributed by atoms with van der Waals surface area (Å²) in [5.41, 5.74) is 0. The van der Waals surface area contributed by atoms with Gasteiger partial charge in [0.25, 0.3) is 0 Å². The number of thiophene rings is 1. The normalized spacial score (nSPS) is 10.3. The predicted octanol–water partition coefficient (Wildman–Crippen LogP) is 3.29. The van der Waals surface area contributed by atoms with Crippen molar-refractivity contribution in [1.82, 2.24) is 0 Å². The molecule has 0 atom stereocenters. The molecule has 1 aromatic heterocycles. The standard InChI is InChI=1S/C7H9BrS2/c1-5-4-6(8)7(10-5)2-3-9/h4,9H,2-3H2,1H3. The summed E-state index contributed by atoms with van der Waals surface area (Å²) in [6.07, 6.45) is 1.07. The Morgan fingerprint density at radius 3 is 2.80 bits per heavy atom. The van der Waals surface area contributed by atoms with E-state index in [0.29, 0.717) is 0 Å². The van der Waals surface area contributed by atoms with Gasteiger partial charge in [-0.15, -0.1) is 11.3 Å². The van der Waals surface area contributed by atoms with Crippen molar-refractivity contribution in [2.24, 2.45) is 0 Å². The van der Waals surface area contributed by atoms with E-state index in [9.17, 15) is 0 Å². The second kappa shape index (κ2) is 3.79. The molecular weight excluding hydrogens is 228 g/mol. The highest BCUT2D eigenvalue weighted by molar-refractivity contribution is 9.10. The molecule has 0 spiro atoms. The molecule has 1 rings (SSSR count). The highest BCUT2D eigenvalue weighted by Crippen LogP contribution is 2.27. The molecular formula is C7H9BrS2. The predicted molar refractivity (Wildman–Crippen MR) is 54.3 cm³/mol. The van der Waals surface area contributed by atoms with Crippen LogP contribution in [0.1, 0.15) is 9.75 Å². The minimum absolute atomic E-state index is 0.929. The summed E-state index contributed by atoms with van der Waals surface area (Å²) in [7, 11) is 0. The maximum absolute atomic E-state index is 4.17. The molecule has 3 heteroatoms. The molecule has 1 heterocycles. The van der Waals surface area contributed by atoms with Crippen molar-refractivity contribution in [3.05, 3.63) is 20.3 Å². The van der Waals surface area contributed by atoms with Gasteiger partial charge in [-0.25, -0.2) is 0 Å². The van der Waals surface area contributed by atoms with Crippen LogP contribution in [0.4, 0.5) is 0 Å². The Hall–Kier alpha value is 0.530. The first kappa shape index (κ1) is 8.62. The molecule has 0 nitrogen and oxygen atoms in total. The maximum atomic E-state index is 4.17. The van der Waals surface area contributed by atoms with Crippen LogP contribution >= 0.6 is 39.9 Å². The zero-order valence-corrected chi connectivity index (χ0v) is 9.02. The van der Waals surface area contributed by atoms with E-state index in [4.69, 9.17) is 0 Å². The van der Waals surface area contributed by atoms with Crippen LogP contribution in [-0.4, -0.2) is 5.75 Å². The fourth-order valence-corrected chi connectivity index (χ4v) is 3.04. The Morgan fingerprint density at radius 2 is 2.40 bits per heavy atom. The molecule has 0 aliphatic carbocycles. The second-order valence-corrected chi connectivity index (χ2v) is 4.74. The molecule has 1 aromatic rings.